The Morgan fingerprint density at radius 1 is 1.16 bits per heavy atom. The summed E-state index contributed by atoms with van der Waals surface area (Å²) in [4.78, 5) is 27.8. The third kappa shape index (κ3) is 4.30. The maximum absolute atomic E-state index is 11.9. The van der Waals surface area contributed by atoms with Gasteiger partial charge in [0.05, 0.1) is 29.4 Å². The monoisotopic (exact) mass is 352 g/mol. The average Bonchev–Trinajstić information content (AvgIpc) is 3.07. The van der Waals surface area contributed by atoms with Crippen LogP contribution in [0.1, 0.15) is 20.9 Å². The molecule has 0 radical (unpaired) electrons. The van der Waals surface area contributed by atoms with Gasteiger partial charge in [-0.3, -0.25) is 4.79 Å². The number of nitrogens with one attached hydrogen (secondary N) is 1. The Kier molecular flexibility index (Phi) is 5.20. The molecule has 126 valence electrons. The number of carbonyl (C=O) groups excluding carboxylic acids is 2. The normalized spacial score (nSPS) is 10.9. The minimum absolute atomic E-state index is 0.198. The standard InChI is InChI=1S/C19H16N2O3S/c1-24-19(23)14-9-6-13(7-10-14)8-11-17(22)20-12-18-21-15-4-2-3-5-16(15)25-18/h2-11H,12H2,1H3,(H,20,22)/b11-8+. The molecule has 3 aromatic rings. The summed E-state index contributed by atoms with van der Waals surface area (Å²) in [5.41, 5.74) is 2.24. The first-order valence-corrected chi connectivity index (χ1v) is 8.46. The second-order valence-electron chi connectivity index (χ2n) is 5.24. The number of hydrogen-bond donors (Lipinski definition) is 1. The summed E-state index contributed by atoms with van der Waals surface area (Å²) in [5.74, 6) is -0.583. The highest BCUT2D eigenvalue weighted by molar-refractivity contribution is 7.18. The van der Waals surface area contributed by atoms with Gasteiger partial charge in [0.2, 0.25) is 5.91 Å². The molecule has 0 spiro atoms. The van der Waals surface area contributed by atoms with Crippen LogP contribution in [0, 0.1) is 0 Å². The first kappa shape index (κ1) is 16.9. The molecule has 0 aliphatic carbocycles. The molecule has 0 aliphatic heterocycles. The number of ether oxygens (including phenoxy) is 1. The van der Waals surface area contributed by atoms with Crippen molar-refractivity contribution in [2.75, 3.05) is 7.11 Å². The second-order valence-corrected chi connectivity index (χ2v) is 6.36. The molecular formula is C19H16N2O3S. The molecule has 3 rings (SSSR count). The Labute approximate surface area is 149 Å². The fourth-order valence-corrected chi connectivity index (χ4v) is 3.14. The number of esters is 1. The number of nitrogens with zero attached hydrogens (tertiary/aromatic N) is 1. The van der Waals surface area contributed by atoms with E-state index in [0.717, 1.165) is 20.8 Å². The van der Waals surface area contributed by atoms with Gasteiger partial charge in [0, 0.05) is 6.08 Å². The number of carbonyl (C=O) groups is 2. The molecule has 1 amide bonds. The zero-order valence-corrected chi connectivity index (χ0v) is 14.4. The van der Waals surface area contributed by atoms with Gasteiger partial charge in [-0.2, -0.15) is 0 Å². The van der Waals surface area contributed by atoms with Crippen molar-refractivity contribution in [2.45, 2.75) is 6.54 Å². The Hall–Kier alpha value is -2.99. The average molecular weight is 352 g/mol. The van der Waals surface area contributed by atoms with Gasteiger partial charge in [-0.1, -0.05) is 24.3 Å². The SMILES string of the molecule is COC(=O)c1ccc(/C=C/C(=O)NCc2nc3ccccc3s2)cc1. The predicted molar refractivity (Wildman–Crippen MR) is 98.3 cm³/mol. The minimum Gasteiger partial charge on any atom is -0.465 e. The van der Waals surface area contributed by atoms with Crippen molar-refractivity contribution in [3.05, 3.63) is 70.7 Å². The molecule has 0 unspecified atom stereocenters. The van der Waals surface area contributed by atoms with Crippen molar-refractivity contribution in [2.24, 2.45) is 0 Å². The molecule has 0 fully saturated rings. The number of amides is 1. The lowest BCUT2D eigenvalue weighted by Gasteiger charge is -2.00. The quantitative estimate of drug-likeness (QED) is 0.564. The smallest absolute Gasteiger partial charge is 0.337 e. The molecule has 0 aliphatic rings. The van der Waals surface area contributed by atoms with Crippen LogP contribution >= 0.6 is 11.3 Å². The van der Waals surface area contributed by atoms with Crippen molar-refractivity contribution in [1.29, 1.82) is 0 Å². The third-order valence-electron chi connectivity index (χ3n) is 3.51. The van der Waals surface area contributed by atoms with Crippen molar-refractivity contribution in [1.82, 2.24) is 10.3 Å². The van der Waals surface area contributed by atoms with E-state index in [0.29, 0.717) is 12.1 Å². The summed E-state index contributed by atoms with van der Waals surface area (Å²) in [6, 6.07) is 14.7. The van der Waals surface area contributed by atoms with E-state index in [1.54, 1.807) is 41.7 Å². The van der Waals surface area contributed by atoms with E-state index in [2.05, 4.69) is 15.0 Å². The van der Waals surface area contributed by atoms with Crippen LogP contribution in [0.15, 0.2) is 54.6 Å². The Morgan fingerprint density at radius 2 is 1.92 bits per heavy atom. The van der Waals surface area contributed by atoms with Gasteiger partial charge in [0.25, 0.3) is 0 Å². The number of para-hydroxylation sites is 1. The van der Waals surface area contributed by atoms with E-state index in [-0.39, 0.29) is 11.9 Å². The van der Waals surface area contributed by atoms with Crippen LogP contribution in [0.3, 0.4) is 0 Å². The number of rotatable bonds is 5. The van der Waals surface area contributed by atoms with Crippen molar-refractivity contribution >= 4 is 39.5 Å². The number of methoxy groups -OCH3 is 1. The topological polar surface area (TPSA) is 68.3 Å². The summed E-state index contributed by atoms with van der Waals surface area (Å²) in [7, 11) is 1.34. The van der Waals surface area contributed by atoms with E-state index in [1.807, 2.05) is 24.3 Å². The molecule has 0 saturated heterocycles. The fourth-order valence-electron chi connectivity index (χ4n) is 2.24. The number of fused-ring (bicyclic) bond motifs is 1. The van der Waals surface area contributed by atoms with Crippen molar-refractivity contribution in [3.8, 4) is 0 Å². The van der Waals surface area contributed by atoms with Crippen LogP contribution in [0.4, 0.5) is 0 Å². The number of thiazole rings is 1. The summed E-state index contributed by atoms with van der Waals surface area (Å²) < 4.78 is 5.75. The summed E-state index contributed by atoms with van der Waals surface area (Å²) in [6.07, 6.45) is 3.15. The molecule has 0 saturated carbocycles. The van der Waals surface area contributed by atoms with Crippen molar-refractivity contribution < 1.29 is 14.3 Å². The molecule has 6 heteroatoms. The predicted octanol–water partition coefficient (Wildman–Crippen LogP) is 3.41. The molecular weight excluding hydrogens is 336 g/mol. The molecule has 0 atom stereocenters. The zero-order chi connectivity index (χ0) is 17.6. The number of hydrogen-bond acceptors (Lipinski definition) is 5. The summed E-state index contributed by atoms with van der Waals surface area (Å²) in [5, 5.41) is 3.68. The zero-order valence-electron chi connectivity index (χ0n) is 13.6. The Bertz CT molecular complexity index is 896. The highest BCUT2D eigenvalue weighted by atomic mass is 32.1. The molecule has 2 aromatic carbocycles. The molecule has 1 aromatic heterocycles. The van der Waals surface area contributed by atoms with Crippen LogP contribution in [-0.4, -0.2) is 24.0 Å². The second kappa shape index (κ2) is 7.72. The highest BCUT2D eigenvalue weighted by Crippen LogP contribution is 2.21. The molecule has 1 N–H and O–H groups in total. The van der Waals surface area contributed by atoms with E-state index in [9.17, 15) is 9.59 Å². The van der Waals surface area contributed by atoms with Crippen LogP contribution in [-0.2, 0) is 16.1 Å². The van der Waals surface area contributed by atoms with Crippen LogP contribution < -0.4 is 5.32 Å². The molecule has 5 nitrogen and oxygen atoms in total. The number of benzene rings is 2. The van der Waals surface area contributed by atoms with Gasteiger partial charge < -0.3 is 10.1 Å². The van der Waals surface area contributed by atoms with E-state index in [4.69, 9.17) is 0 Å². The highest BCUT2D eigenvalue weighted by Gasteiger charge is 2.05. The number of aromatic nitrogens is 1. The van der Waals surface area contributed by atoms with Gasteiger partial charge in [-0.05, 0) is 35.9 Å². The van der Waals surface area contributed by atoms with Crippen molar-refractivity contribution in [3.63, 3.8) is 0 Å². The maximum Gasteiger partial charge on any atom is 0.337 e. The van der Waals surface area contributed by atoms with E-state index in [1.165, 1.54) is 13.2 Å². The van der Waals surface area contributed by atoms with Gasteiger partial charge >= 0.3 is 5.97 Å². The van der Waals surface area contributed by atoms with Gasteiger partial charge in [-0.15, -0.1) is 11.3 Å². The van der Waals surface area contributed by atoms with Crippen LogP contribution in [0.25, 0.3) is 16.3 Å². The fraction of sp³-hybridized carbons (Fsp3) is 0.105. The van der Waals surface area contributed by atoms with Gasteiger partial charge in [0.1, 0.15) is 5.01 Å². The first-order chi connectivity index (χ1) is 12.2. The third-order valence-corrected chi connectivity index (χ3v) is 4.55. The van der Waals surface area contributed by atoms with Gasteiger partial charge in [-0.25, -0.2) is 9.78 Å². The summed E-state index contributed by atoms with van der Waals surface area (Å²) >= 11 is 1.57. The molecule has 1 heterocycles. The summed E-state index contributed by atoms with van der Waals surface area (Å²) in [6.45, 7) is 0.393. The van der Waals surface area contributed by atoms with Crippen LogP contribution in [0.2, 0.25) is 0 Å². The minimum atomic E-state index is -0.385. The molecule has 0 bridgehead atoms. The Balaban J connectivity index is 1.56. The lowest BCUT2D eigenvalue weighted by molar-refractivity contribution is -0.116. The van der Waals surface area contributed by atoms with Gasteiger partial charge in [0.15, 0.2) is 0 Å². The maximum atomic E-state index is 11.9. The first-order valence-electron chi connectivity index (χ1n) is 7.64. The van der Waals surface area contributed by atoms with E-state index >= 15 is 0 Å². The largest absolute Gasteiger partial charge is 0.465 e. The lowest BCUT2D eigenvalue weighted by atomic mass is 10.1. The Morgan fingerprint density at radius 3 is 2.64 bits per heavy atom. The lowest BCUT2D eigenvalue weighted by Crippen LogP contribution is -2.20. The molecule has 25 heavy (non-hydrogen) atoms. The van der Waals surface area contributed by atoms with Crippen LogP contribution in [0.5, 0.6) is 0 Å². The van der Waals surface area contributed by atoms with E-state index < -0.39 is 0 Å².